The number of para-hydroxylation sites is 1. The van der Waals surface area contributed by atoms with E-state index < -0.39 is 10.8 Å². The topological polar surface area (TPSA) is 77.5 Å². The minimum absolute atomic E-state index is 0.0140. The second-order valence-corrected chi connectivity index (χ2v) is 6.24. The van der Waals surface area contributed by atoms with E-state index in [-0.39, 0.29) is 5.69 Å². The average Bonchev–Trinajstić information content (AvgIpc) is 2.97. The van der Waals surface area contributed by atoms with Crippen LogP contribution in [0.15, 0.2) is 59.6 Å². The minimum Gasteiger partial charge on any atom is -0.317 e. The van der Waals surface area contributed by atoms with Crippen LogP contribution in [0.2, 0.25) is 0 Å². The highest BCUT2D eigenvalue weighted by molar-refractivity contribution is 7.16. The zero-order valence-electron chi connectivity index (χ0n) is 13.5. The molecule has 0 saturated heterocycles. The van der Waals surface area contributed by atoms with Gasteiger partial charge in [-0.25, -0.2) is 0 Å². The summed E-state index contributed by atoms with van der Waals surface area (Å²) >= 11 is 1.46. The number of thiazole rings is 1. The lowest BCUT2D eigenvalue weighted by atomic mass is 10.2. The molecule has 0 spiro atoms. The first-order valence-electron chi connectivity index (χ1n) is 7.68. The van der Waals surface area contributed by atoms with Gasteiger partial charge in [-0.05, 0) is 30.7 Å². The summed E-state index contributed by atoms with van der Waals surface area (Å²) in [4.78, 5) is 27.3. The lowest BCUT2D eigenvalue weighted by Gasteiger charge is -1.98. The molecule has 0 saturated carbocycles. The molecule has 1 amide bonds. The van der Waals surface area contributed by atoms with E-state index in [1.54, 1.807) is 12.1 Å². The molecule has 0 N–H and O–H groups in total. The third kappa shape index (κ3) is 3.72. The Morgan fingerprint density at radius 1 is 1.28 bits per heavy atom. The van der Waals surface area contributed by atoms with Gasteiger partial charge in [0.05, 0.1) is 15.1 Å². The van der Waals surface area contributed by atoms with Gasteiger partial charge >= 0.3 is 0 Å². The van der Waals surface area contributed by atoms with Crippen LogP contribution in [0.1, 0.15) is 12.5 Å². The van der Waals surface area contributed by atoms with Crippen molar-refractivity contribution < 1.29 is 9.72 Å². The van der Waals surface area contributed by atoms with E-state index in [1.807, 2.05) is 35.8 Å². The first kappa shape index (κ1) is 16.8. The van der Waals surface area contributed by atoms with Gasteiger partial charge in [0.2, 0.25) is 0 Å². The van der Waals surface area contributed by atoms with Crippen molar-refractivity contribution in [1.29, 1.82) is 0 Å². The zero-order chi connectivity index (χ0) is 17.8. The van der Waals surface area contributed by atoms with E-state index in [9.17, 15) is 14.9 Å². The van der Waals surface area contributed by atoms with Gasteiger partial charge in [0.1, 0.15) is 0 Å². The Morgan fingerprint density at radius 2 is 2.08 bits per heavy atom. The Balaban J connectivity index is 1.91. The number of benzene rings is 2. The number of hydrogen-bond acceptors (Lipinski definition) is 4. The van der Waals surface area contributed by atoms with Crippen molar-refractivity contribution in [2.45, 2.75) is 13.5 Å². The van der Waals surface area contributed by atoms with E-state index in [0.29, 0.717) is 16.9 Å². The quantitative estimate of drug-likeness (QED) is 0.407. The summed E-state index contributed by atoms with van der Waals surface area (Å²) in [6.45, 7) is 2.71. The normalized spacial score (nSPS) is 12.1. The van der Waals surface area contributed by atoms with Crippen molar-refractivity contribution in [1.82, 2.24) is 4.57 Å². The van der Waals surface area contributed by atoms with Gasteiger partial charge in [-0.3, -0.25) is 14.9 Å². The van der Waals surface area contributed by atoms with Crippen LogP contribution in [-0.4, -0.2) is 15.4 Å². The number of rotatable bonds is 4. The van der Waals surface area contributed by atoms with E-state index in [0.717, 1.165) is 10.2 Å². The number of carbonyl (C=O) groups is 1. The van der Waals surface area contributed by atoms with Crippen LogP contribution < -0.4 is 4.80 Å². The highest BCUT2D eigenvalue weighted by atomic mass is 32.1. The van der Waals surface area contributed by atoms with Crippen LogP contribution >= 0.6 is 11.3 Å². The molecular weight excluding hydrogens is 338 g/mol. The fourth-order valence-electron chi connectivity index (χ4n) is 2.45. The van der Waals surface area contributed by atoms with Crippen LogP contribution in [0.4, 0.5) is 5.69 Å². The van der Waals surface area contributed by atoms with Crippen molar-refractivity contribution in [2.24, 2.45) is 4.99 Å². The van der Waals surface area contributed by atoms with Crippen molar-refractivity contribution in [3.8, 4) is 0 Å². The van der Waals surface area contributed by atoms with Crippen LogP contribution in [-0.2, 0) is 11.3 Å². The standard InChI is InChI=1S/C18H15N3O3S/c1-2-20-15-8-3-4-9-16(15)25-18(20)19-17(22)11-10-13-6-5-7-14(12-13)21(23)24/h3-12H,2H2,1H3. The lowest BCUT2D eigenvalue weighted by molar-refractivity contribution is -0.384. The molecule has 6 nitrogen and oxygen atoms in total. The van der Waals surface area contributed by atoms with Crippen molar-refractivity contribution in [3.63, 3.8) is 0 Å². The van der Waals surface area contributed by atoms with E-state index >= 15 is 0 Å². The molecule has 0 aliphatic heterocycles. The third-order valence-corrected chi connectivity index (χ3v) is 4.67. The third-order valence-electron chi connectivity index (χ3n) is 3.61. The number of hydrogen-bond donors (Lipinski definition) is 0. The number of non-ortho nitro benzene ring substituents is 1. The molecular formula is C18H15N3O3S. The highest BCUT2D eigenvalue weighted by Gasteiger charge is 2.06. The van der Waals surface area contributed by atoms with E-state index in [4.69, 9.17) is 0 Å². The molecule has 0 unspecified atom stereocenters. The molecule has 0 aliphatic rings. The van der Waals surface area contributed by atoms with Gasteiger partial charge in [-0.15, -0.1) is 0 Å². The number of nitro benzene ring substituents is 1. The van der Waals surface area contributed by atoms with E-state index in [1.165, 1.54) is 35.6 Å². The molecule has 25 heavy (non-hydrogen) atoms. The molecule has 2 aromatic carbocycles. The first-order valence-corrected chi connectivity index (χ1v) is 8.49. The Kier molecular flexibility index (Phi) is 4.85. The second-order valence-electron chi connectivity index (χ2n) is 5.23. The summed E-state index contributed by atoms with van der Waals surface area (Å²) in [6, 6.07) is 14.0. The predicted molar refractivity (Wildman–Crippen MR) is 98.2 cm³/mol. The molecule has 7 heteroatoms. The van der Waals surface area contributed by atoms with Gasteiger partial charge < -0.3 is 4.57 Å². The fourth-order valence-corrected chi connectivity index (χ4v) is 3.55. The van der Waals surface area contributed by atoms with Crippen molar-refractivity contribution in [3.05, 3.63) is 75.1 Å². The molecule has 0 aliphatic carbocycles. The summed E-state index contributed by atoms with van der Waals surface area (Å²) in [5.41, 5.74) is 1.61. The molecule has 0 bridgehead atoms. The van der Waals surface area contributed by atoms with Gasteiger partial charge in [0.15, 0.2) is 4.80 Å². The minimum atomic E-state index is -0.467. The second kappa shape index (κ2) is 7.23. The number of aromatic nitrogens is 1. The summed E-state index contributed by atoms with van der Waals surface area (Å²) in [6.07, 6.45) is 2.85. The number of aryl methyl sites for hydroxylation is 1. The molecule has 0 atom stereocenters. The van der Waals surface area contributed by atoms with Gasteiger partial charge in [-0.1, -0.05) is 35.6 Å². The Hall–Kier alpha value is -3.06. The van der Waals surface area contributed by atoms with Crippen LogP contribution in [0.25, 0.3) is 16.3 Å². The molecule has 3 aromatic rings. The van der Waals surface area contributed by atoms with Crippen molar-refractivity contribution in [2.75, 3.05) is 0 Å². The number of carbonyl (C=O) groups excluding carboxylic acids is 1. The Morgan fingerprint density at radius 3 is 2.84 bits per heavy atom. The van der Waals surface area contributed by atoms with Crippen molar-refractivity contribution >= 4 is 39.2 Å². The lowest BCUT2D eigenvalue weighted by Crippen LogP contribution is -2.15. The van der Waals surface area contributed by atoms with Gasteiger partial charge in [-0.2, -0.15) is 4.99 Å². The highest BCUT2D eigenvalue weighted by Crippen LogP contribution is 2.17. The zero-order valence-corrected chi connectivity index (χ0v) is 14.3. The predicted octanol–water partition coefficient (Wildman–Crippen LogP) is 3.77. The summed E-state index contributed by atoms with van der Waals surface area (Å²) in [5.74, 6) is -0.403. The Bertz CT molecular complexity index is 1050. The largest absolute Gasteiger partial charge is 0.317 e. The summed E-state index contributed by atoms with van der Waals surface area (Å²) in [7, 11) is 0. The number of amides is 1. The maximum atomic E-state index is 12.2. The molecule has 3 rings (SSSR count). The smallest absolute Gasteiger partial charge is 0.272 e. The molecule has 1 heterocycles. The number of nitrogens with zero attached hydrogens (tertiary/aromatic N) is 3. The molecule has 126 valence electrons. The Labute approximate surface area is 147 Å². The molecule has 1 aromatic heterocycles. The fraction of sp³-hybridized carbons (Fsp3) is 0.111. The van der Waals surface area contributed by atoms with Crippen LogP contribution in [0, 0.1) is 10.1 Å². The van der Waals surface area contributed by atoms with Gasteiger partial charge in [0, 0.05) is 24.8 Å². The average molecular weight is 353 g/mol. The number of nitro groups is 1. The summed E-state index contributed by atoms with van der Waals surface area (Å²) in [5, 5.41) is 10.8. The SMILES string of the molecule is CCn1c(=NC(=O)C=Cc2cccc([N+](=O)[O-])c2)sc2ccccc21. The molecule has 0 radical (unpaired) electrons. The van der Waals surface area contributed by atoms with E-state index in [2.05, 4.69) is 4.99 Å². The maximum absolute atomic E-state index is 12.2. The van der Waals surface area contributed by atoms with Gasteiger partial charge in [0.25, 0.3) is 11.6 Å². The maximum Gasteiger partial charge on any atom is 0.272 e. The first-order chi connectivity index (χ1) is 12.1. The molecule has 0 fully saturated rings. The van der Waals surface area contributed by atoms with Crippen LogP contribution in [0.5, 0.6) is 0 Å². The number of fused-ring (bicyclic) bond motifs is 1. The monoisotopic (exact) mass is 353 g/mol. The van der Waals surface area contributed by atoms with Crippen LogP contribution in [0.3, 0.4) is 0 Å². The summed E-state index contributed by atoms with van der Waals surface area (Å²) < 4.78 is 3.05.